The highest BCUT2D eigenvalue weighted by molar-refractivity contribution is 7.99. The third kappa shape index (κ3) is 5.87. The molecule has 186 valence electrons. The highest BCUT2D eigenvalue weighted by Gasteiger charge is 2.26. The summed E-state index contributed by atoms with van der Waals surface area (Å²) in [6, 6.07) is 4.05. The first-order valence-corrected chi connectivity index (χ1v) is 13.6. The van der Waals surface area contributed by atoms with E-state index in [-0.39, 0.29) is 17.6 Å². The number of nitrogens with one attached hydrogen (secondary N) is 1. The van der Waals surface area contributed by atoms with Crippen LogP contribution < -0.4 is 5.32 Å². The molecule has 10 heteroatoms. The van der Waals surface area contributed by atoms with Gasteiger partial charge in [0.05, 0.1) is 18.4 Å². The van der Waals surface area contributed by atoms with Gasteiger partial charge in [0.25, 0.3) is 0 Å². The van der Waals surface area contributed by atoms with E-state index in [1.807, 2.05) is 23.9 Å². The van der Waals surface area contributed by atoms with Crippen molar-refractivity contribution in [2.75, 3.05) is 18.2 Å². The van der Waals surface area contributed by atoms with Gasteiger partial charge in [0, 0.05) is 36.8 Å². The highest BCUT2D eigenvalue weighted by atomic mass is 32.2. The maximum absolute atomic E-state index is 12.9. The number of nitrogens with zero attached hydrogens (tertiary/aromatic N) is 4. The quantitative estimate of drug-likeness (QED) is 0.255. The summed E-state index contributed by atoms with van der Waals surface area (Å²) in [5.74, 6) is 0.400. The normalized spacial score (nSPS) is 13.5. The van der Waals surface area contributed by atoms with Crippen molar-refractivity contribution in [1.29, 1.82) is 0 Å². The molecule has 0 atom stereocenters. The molecule has 3 aromatic rings. The monoisotopic (exact) mass is 513 g/mol. The molecule has 0 spiro atoms. The van der Waals surface area contributed by atoms with Gasteiger partial charge in [-0.05, 0) is 43.4 Å². The lowest BCUT2D eigenvalue weighted by Gasteiger charge is -2.11. The number of thioether (sulfide) groups is 1. The Hall–Kier alpha value is -2.85. The topological polar surface area (TPSA) is 91.0 Å². The molecule has 0 aliphatic heterocycles. The average Bonchev–Trinajstić information content (AvgIpc) is 3.50. The lowest BCUT2D eigenvalue weighted by Crippen LogP contribution is -2.17. The second-order valence-electron chi connectivity index (χ2n) is 8.54. The molecular weight excluding hydrogens is 482 g/mol. The van der Waals surface area contributed by atoms with Crippen LogP contribution in [-0.4, -0.2) is 44.1 Å². The fraction of sp³-hybridized carbons (Fsp3) is 0.440. The average molecular weight is 514 g/mol. The number of hydrogen-bond acceptors (Lipinski definition) is 7. The fourth-order valence-corrected chi connectivity index (χ4v) is 6.39. The Morgan fingerprint density at radius 3 is 2.77 bits per heavy atom. The number of allylic oxidation sites excluding steroid dienone is 1. The minimum Gasteiger partial charge on any atom is -0.465 e. The van der Waals surface area contributed by atoms with Gasteiger partial charge in [-0.1, -0.05) is 30.7 Å². The molecule has 1 amide bonds. The minimum absolute atomic E-state index is 0.155. The molecule has 1 aliphatic carbocycles. The molecule has 4 rings (SSSR count). The third-order valence-electron chi connectivity index (χ3n) is 6.14. The summed E-state index contributed by atoms with van der Waals surface area (Å²) in [7, 11) is 3.38. The maximum atomic E-state index is 12.9. The predicted octanol–water partition coefficient (Wildman–Crippen LogP) is 4.63. The molecule has 0 radical (unpaired) electrons. The van der Waals surface area contributed by atoms with E-state index < -0.39 is 0 Å². The number of anilines is 1. The lowest BCUT2D eigenvalue weighted by molar-refractivity contribution is -0.113. The zero-order valence-corrected chi connectivity index (χ0v) is 21.8. The standard InChI is InChI=1S/C25H31N5O3S2/c1-4-13-30-20(15-17-10-9-14-29(17)2)27-28-25(30)34-16-21(31)26-23-22(24(32)33-3)18-11-7-5-6-8-12-19(18)35-23/h4,9-10,14H,1,5-8,11-13,15-16H2,2-3H3,(H,26,31). The highest BCUT2D eigenvalue weighted by Crippen LogP contribution is 2.37. The number of aromatic nitrogens is 4. The molecule has 1 N–H and O–H groups in total. The predicted molar refractivity (Wildman–Crippen MR) is 139 cm³/mol. The van der Waals surface area contributed by atoms with Gasteiger partial charge < -0.3 is 19.2 Å². The first-order chi connectivity index (χ1) is 17.0. The van der Waals surface area contributed by atoms with E-state index in [0.717, 1.165) is 49.2 Å². The van der Waals surface area contributed by atoms with Gasteiger partial charge in [-0.2, -0.15) is 0 Å². The van der Waals surface area contributed by atoms with Crippen molar-refractivity contribution in [3.63, 3.8) is 0 Å². The van der Waals surface area contributed by atoms with Crippen molar-refractivity contribution in [1.82, 2.24) is 19.3 Å². The summed E-state index contributed by atoms with van der Waals surface area (Å²) in [5.41, 5.74) is 2.69. The number of thiophene rings is 1. The number of carbonyl (C=O) groups is 2. The Morgan fingerprint density at radius 2 is 2.06 bits per heavy atom. The first-order valence-electron chi connectivity index (χ1n) is 11.8. The van der Waals surface area contributed by atoms with Gasteiger partial charge in [-0.15, -0.1) is 28.1 Å². The fourth-order valence-electron chi connectivity index (χ4n) is 4.33. The molecule has 0 saturated carbocycles. The van der Waals surface area contributed by atoms with Crippen molar-refractivity contribution < 1.29 is 14.3 Å². The van der Waals surface area contributed by atoms with E-state index in [1.54, 1.807) is 6.08 Å². The molecule has 0 unspecified atom stereocenters. The van der Waals surface area contributed by atoms with Crippen molar-refractivity contribution in [3.05, 3.63) is 58.5 Å². The Labute approximate surface area is 213 Å². The van der Waals surface area contributed by atoms with Crippen LogP contribution in [-0.2, 0) is 42.4 Å². The van der Waals surface area contributed by atoms with Crippen LogP contribution in [0.2, 0.25) is 0 Å². The second kappa shape index (κ2) is 11.7. The summed E-state index contributed by atoms with van der Waals surface area (Å²) in [6.07, 6.45) is 10.7. The summed E-state index contributed by atoms with van der Waals surface area (Å²) in [4.78, 5) is 26.7. The summed E-state index contributed by atoms with van der Waals surface area (Å²) >= 11 is 2.83. The Bertz CT molecular complexity index is 1210. The van der Waals surface area contributed by atoms with E-state index >= 15 is 0 Å². The van der Waals surface area contributed by atoms with E-state index in [1.165, 1.54) is 41.5 Å². The van der Waals surface area contributed by atoms with Gasteiger partial charge in [-0.25, -0.2) is 4.79 Å². The van der Waals surface area contributed by atoms with Crippen molar-refractivity contribution in [2.24, 2.45) is 7.05 Å². The van der Waals surface area contributed by atoms with Gasteiger partial charge in [0.1, 0.15) is 10.8 Å². The van der Waals surface area contributed by atoms with Gasteiger partial charge in [0.15, 0.2) is 5.16 Å². The number of amides is 1. The lowest BCUT2D eigenvalue weighted by atomic mass is 9.96. The zero-order chi connectivity index (χ0) is 24.8. The maximum Gasteiger partial charge on any atom is 0.341 e. The summed E-state index contributed by atoms with van der Waals surface area (Å²) in [5, 5.41) is 12.9. The molecule has 3 heterocycles. The number of ether oxygens (including phenoxy) is 1. The number of methoxy groups -OCH3 is 1. The van der Waals surface area contributed by atoms with Crippen LogP contribution in [0.15, 0.2) is 36.1 Å². The van der Waals surface area contributed by atoms with Gasteiger partial charge in [0.2, 0.25) is 5.91 Å². The zero-order valence-electron chi connectivity index (χ0n) is 20.2. The Kier molecular flexibility index (Phi) is 8.46. The van der Waals surface area contributed by atoms with Crippen LogP contribution in [0, 0.1) is 0 Å². The molecular formula is C25H31N5O3S2. The number of carbonyl (C=O) groups excluding carboxylic acids is 2. The van der Waals surface area contributed by atoms with E-state index in [4.69, 9.17) is 4.74 Å². The second-order valence-corrected chi connectivity index (χ2v) is 10.6. The van der Waals surface area contributed by atoms with Crippen molar-refractivity contribution in [3.8, 4) is 0 Å². The Morgan fingerprint density at radius 1 is 1.26 bits per heavy atom. The number of aryl methyl sites for hydroxylation is 2. The molecule has 3 aromatic heterocycles. The van der Waals surface area contributed by atoms with Gasteiger partial charge >= 0.3 is 5.97 Å². The molecule has 1 aliphatic rings. The van der Waals surface area contributed by atoms with Crippen LogP contribution in [0.5, 0.6) is 0 Å². The van der Waals surface area contributed by atoms with Crippen molar-refractivity contribution in [2.45, 2.75) is 56.6 Å². The SMILES string of the molecule is C=CCn1c(Cc2cccn2C)nnc1SCC(=O)Nc1sc2c(c1C(=O)OC)CCCCCC2. The van der Waals surface area contributed by atoms with Crippen LogP contribution in [0.1, 0.15) is 58.0 Å². The number of rotatable bonds is 9. The molecule has 0 bridgehead atoms. The van der Waals surface area contributed by atoms with Crippen LogP contribution in [0.3, 0.4) is 0 Å². The first kappa shape index (κ1) is 25.2. The molecule has 35 heavy (non-hydrogen) atoms. The third-order valence-corrected chi connectivity index (χ3v) is 8.32. The van der Waals surface area contributed by atoms with E-state index in [9.17, 15) is 9.59 Å². The van der Waals surface area contributed by atoms with Gasteiger partial charge in [-0.3, -0.25) is 4.79 Å². The molecule has 0 saturated heterocycles. The molecule has 0 aromatic carbocycles. The van der Waals surface area contributed by atoms with Crippen molar-refractivity contribution >= 4 is 40.0 Å². The van der Waals surface area contributed by atoms with Crippen LogP contribution in [0.25, 0.3) is 0 Å². The van der Waals surface area contributed by atoms with Crippen LogP contribution in [0.4, 0.5) is 5.00 Å². The summed E-state index contributed by atoms with van der Waals surface area (Å²) < 4.78 is 9.09. The van der Waals surface area contributed by atoms with E-state index in [0.29, 0.717) is 28.7 Å². The molecule has 0 fully saturated rings. The van der Waals surface area contributed by atoms with Crippen LogP contribution >= 0.6 is 23.1 Å². The number of esters is 1. The molecule has 8 nitrogen and oxygen atoms in total. The van der Waals surface area contributed by atoms with E-state index in [2.05, 4.69) is 32.7 Å². The summed E-state index contributed by atoms with van der Waals surface area (Å²) in [6.45, 7) is 4.41. The smallest absolute Gasteiger partial charge is 0.341 e. The number of hydrogen-bond donors (Lipinski definition) is 1. The Balaban J connectivity index is 1.48. The number of fused-ring (bicyclic) bond motifs is 1. The largest absolute Gasteiger partial charge is 0.465 e. The minimum atomic E-state index is -0.387.